The summed E-state index contributed by atoms with van der Waals surface area (Å²) < 4.78 is 1.39. The molecule has 3 N–H and O–H groups in total. The molecule has 1 aromatic heterocycles. The minimum Gasteiger partial charge on any atom is -0.324 e. The fourth-order valence-electron chi connectivity index (χ4n) is 1.60. The molecule has 6 nitrogen and oxygen atoms in total. The summed E-state index contributed by atoms with van der Waals surface area (Å²) in [5, 5.41) is 3.31. The van der Waals surface area contributed by atoms with Crippen molar-refractivity contribution < 1.29 is 0 Å². The molecule has 0 fully saturated rings. The molecule has 0 radical (unpaired) electrons. The molecule has 0 saturated carbocycles. The van der Waals surface area contributed by atoms with Gasteiger partial charge >= 0.3 is 11.1 Å². The smallest absolute Gasteiger partial charge is 0.324 e. The SMILES string of the molecule is CC(N)c1ccc(Sc2nc(=O)c(=O)[nH]n2C)cc1Cl. The summed E-state index contributed by atoms with van der Waals surface area (Å²) in [6.45, 7) is 1.85. The second-order valence-corrected chi connectivity index (χ2v) is 5.72. The van der Waals surface area contributed by atoms with Crippen LogP contribution >= 0.6 is 23.4 Å². The highest BCUT2D eigenvalue weighted by Crippen LogP contribution is 2.30. The van der Waals surface area contributed by atoms with Crippen LogP contribution in [-0.4, -0.2) is 14.8 Å². The lowest BCUT2D eigenvalue weighted by Crippen LogP contribution is -2.33. The number of H-pyrrole nitrogens is 1. The molecule has 1 heterocycles. The number of hydrogen-bond acceptors (Lipinski definition) is 5. The van der Waals surface area contributed by atoms with Crippen LogP contribution in [0.4, 0.5) is 0 Å². The van der Waals surface area contributed by atoms with E-state index in [-0.39, 0.29) is 6.04 Å². The monoisotopic (exact) mass is 312 g/mol. The molecule has 0 aliphatic rings. The maximum atomic E-state index is 11.3. The Kier molecular flexibility index (Phi) is 4.32. The van der Waals surface area contributed by atoms with Crippen molar-refractivity contribution in [3.63, 3.8) is 0 Å². The predicted molar refractivity (Wildman–Crippen MR) is 78.3 cm³/mol. The van der Waals surface area contributed by atoms with E-state index in [4.69, 9.17) is 17.3 Å². The first-order chi connectivity index (χ1) is 9.38. The molecule has 0 bridgehead atoms. The van der Waals surface area contributed by atoms with Crippen molar-refractivity contribution >= 4 is 23.4 Å². The van der Waals surface area contributed by atoms with Crippen molar-refractivity contribution in [3.8, 4) is 0 Å². The third-order valence-corrected chi connectivity index (χ3v) is 3.98. The Hall–Kier alpha value is -1.57. The van der Waals surface area contributed by atoms with Crippen molar-refractivity contribution in [2.75, 3.05) is 0 Å². The quantitative estimate of drug-likeness (QED) is 0.833. The average Bonchev–Trinajstić information content (AvgIpc) is 2.35. The molecule has 8 heteroatoms. The number of nitrogens with one attached hydrogen (secondary N) is 1. The summed E-state index contributed by atoms with van der Waals surface area (Å²) in [4.78, 5) is 26.9. The summed E-state index contributed by atoms with van der Waals surface area (Å²) in [5.74, 6) is 0. The van der Waals surface area contributed by atoms with Gasteiger partial charge in [-0.3, -0.25) is 19.4 Å². The zero-order chi connectivity index (χ0) is 14.9. The standard InChI is InChI=1S/C12H13ClN4O2S/c1-6(14)8-4-3-7(5-9(8)13)20-12-15-10(18)11(19)16-17(12)2/h3-6H,14H2,1-2H3,(H,16,19). The summed E-state index contributed by atoms with van der Waals surface area (Å²) in [7, 11) is 1.61. The molecule has 20 heavy (non-hydrogen) atoms. The summed E-state index contributed by atoms with van der Waals surface area (Å²) in [6, 6.07) is 5.27. The minimum atomic E-state index is -0.816. The number of aryl methyl sites for hydroxylation is 1. The highest BCUT2D eigenvalue weighted by atomic mass is 35.5. The second-order valence-electron chi connectivity index (χ2n) is 4.27. The van der Waals surface area contributed by atoms with E-state index in [0.717, 1.165) is 10.5 Å². The number of nitrogens with zero attached hydrogens (tertiary/aromatic N) is 2. The van der Waals surface area contributed by atoms with E-state index < -0.39 is 11.1 Å². The molecule has 0 aliphatic heterocycles. The normalized spacial score (nSPS) is 12.4. The molecule has 1 atom stereocenters. The van der Waals surface area contributed by atoms with Gasteiger partial charge in [0.2, 0.25) is 0 Å². The molecule has 1 aromatic carbocycles. The summed E-state index contributed by atoms with van der Waals surface area (Å²) in [5.41, 5.74) is 5.07. The molecule has 2 aromatic rings. The van der Waals surface area contributed by atoms with Crippen molar-refractivity contribution in [1.29, 1.82) is 0 Å². The van der Waals surface area contributed by atoms with Crippen LogP contribution < -0.4 is 16.9 Å². The fourth-order valence-corrected chi connectivity index (χ4v) is 2.85. The number of benzene rings is 1. The number of halogens is 1. The van der Waals surface area contributed by atoms with Gasteiger partial charge in [-0.15, -0.1) is 0 Å². The van der Waals surface area contributed by atoms with Crippen LogP contribution in [0.2, 0.25) is 5.02 Å². The third kappa shape index (κ3) is 3.12. The molecule has 0 aliphatic carbocycles. The van der Waals surface area contributed by atoms with E-state index in [1.807, 2.05) is 19.1 Å². The summed E-state index contributed by atoms with van der Waals surface area (Å²) >= 11 is 7.37. The highest BCUT2D eigenvalue weighted by molar-refractivity contribution is 7.99. The molecule has 0 saturated heterocycles. The van der Waals surface area contributed by atoms with E-state index in [1.165, 1.54) is 16.4 Å². The van der Waals surface area contributed by atoms with E-state index in [0.29, 0.717) is 10.2 Å². The maximum Gasteiger partial charge on any atom is 0.339 e. The van der Waals surface area contributed by atoms with Crippen molar-refractivity contribution in [2.45, 2.75) is 23.0 Å². The van der Waals surface area contributed by atoms with Crippen LogP contribution in [-0.2, 0) is 7.05 Å². The number of nitrogens with two attached hydrogens (primary N) is 1. The van der Waals surface area contributed by atoms with Gasteiger partial charge in [0.1, 0.15) is 0 Å². The van der Waals surface area contributed by atoms with Gasteiger partial charge in [0.25, 0.3) is 0 Å². The molecular formula is C12H13ClN4O2S. The Balaban J connectivity index is 2.36. The van der Waals surface area contributed by atoms with E-state index in [1.54, 1.807) is 13.1 Å². The first kappa shape index (κ1) is 14.8. The van der Waals surface area contributed by atoms with Crippen LogP contribution in [0.5, 0.6) is 0 Å². The summed E-state index contributed by atoms with van der Waals surface area (Å²) in [6.07, 6.45) is 0. The van der Waals surface area contributed by atoms with Gasteiger partial charge in [-0.2, -0.15) is 4.98 Å². The lowest BCUT2D eigenvalue weighted by Gasteiger charge is -2.10. The Morgan fingerprint density at radius 1 is 1.45 bits per heavy atom. The zero-order valence-electron chi connectivity index (χ0n) is 10.9. The molecule has 106 valence electrons. The van der Waals surface area contributed by atoms with Gasteiger partial charge in [0, 0.05) is 23.0 Å². The Morgan fingerprint density at radius 2 is 2.15 bits per heavy atom. The first-order valence-corrected chi connectivity index (χ1v) is 6.98. The van der Waals surface area contributed by atoms with Crippen molar-refractivity contribution in [1.82, 2.24) is 14.8 Å². The van der Waals surface area contributed by atoms with Crippen LogP contribution in [0.3, 0.4) is 0 Å². The number of aromatic amines is 1. The number of aromatic nitrogens is 3. The number of hydrogen-bond donors (Lipinski definition) is 2. The van der Waals surface area contributed by atoms with Crippen molar-refractivity contribution in [3.05, 3.63) is 49.5 Å². The van der Waals surface area contributed by atoms with Gasteiger partial charge in [0.15, 0.2) is 5.16 Å². The molecular weight excluding hydrogens is 300 g/mol. The predicted octanol–water partition coefficient (Wildman–Crippen LogP) is 1.29. The third-order valence-electron chi connectivity index (χ3n) is 2.62. The van der Waals surface area contributed by atoms with Crippen LogP contribution in [0.15, 0.2) is 37.8 Å². The molecule has 0 spiro atoms. The highest BCUT2D eigenvalue weighted by Gasteiger charge is 2.09. The first-order valence-electron chi connectivity index (χ1n) is 5.78. The van der Waals surface area contributed by atoms with Gasteiger partial charge in [-0.25, -0.2) is 0 Å². The van der Waals surface area contributed by atoms with E-state index in [9.17, 15) is 9.59 Å². The maximum absolute atomic E-state index is 11.3. The van der Waals surface area contributed by atoms with Crippen LogP contribution in [0.25, 0.3) is 0 Å². The molecule has 1 unspecified atom stereocenters. The van der Waals surface area contributed by atoms with Gasteiger partial charge < -0.3 is 5.73 Å². The van der Waals surface area contributed by atoms with Crippen LogP contribution in [0.1, 0.15) is 18.5 Å². The van der Waals surface area contributed by atoms with Crippen molar-refractivity contribution in [2.24, 2.45) is 12.8 Å². The van der Waals surface area contributed by atoms with E-state index in [2.05, 4.69) is 10.1 Å². The Morgan fingerprint density at radius 3 is 2.75 bits per heavy atom. The molecule has 2 rings (SSSR count). The lowest BCUT2D eigenvalue weighted by atomic mass is 10.1. The lowest BCUT2D eigenvalue weighted by molar-refractivity contribution is 0.596. The Bertz CT molecular complexity index is 754. The molecule has 0 amide bonds. The van der Waals surface area contributed by atoms with Crippen LogP contribution in [0, 0.1) is 0 Å². The van der Waals surface area contributed by atoms with E-state index >= 15 is 0 Å². The topological polar surface area (TPSA) is 93.8 Å². The zero-order valence-corrected chi connectivity index (χ0v) is 12.5. The van der Waals surface area contributed by atoms with Gasteiger partial charge in [-0.05, 0) is 24.6 Å². The minimum absolute atomic E-state index is 0.155. The average molecular weight is 313 g/mol. The largest absolute Gasteiger partial charge is 0.339 e. The fraction of sp³-hybridized carbons (Fsp3) is 0.250. The second kappa shape index (κ2) is 5.82. The van der Waals surface area contributed by atoms with Gasteiger partial charge in [-0.1, -0.05) is 29.4 Å². The number of rotatable bonds is 3. The Labute approximate surface area is 124 Å². The van der Waals surface area contributed by atoms with Gasteiger partial charge in [0.05, 0.1) is 0 Å².